The summed E-state index contributed by atoms with van der Waals surface area (Å²) >= 11 is 0. The summed E-state index contributed by atoms with van der Waals surface area (Å²) in [4.78, 5) is 19.6. The Morgan fingerprint density at radius 2 is 1.71 bits per heavy atom. The first-order valence-electron chi connectivity index (χ1n) is 9.98. The summed E-state index contributed by atoms with van der Waals surface area (Å²) in [6.45, 7) is 7.25. The lowest BCUT2D eigenvalue weighted by Gasteiger charge is -2.35. The fourth-order valence-corrected chi connectivity index (χ4v) is 4.26. The van der Waals surface area contributed by atoms with Crippen LogP contribution in [0.5, 0.6) is 0 Å². The first kappa shape index (κ1) is 18.7. The molecule has 0 spiro atoms. The zero-order valence-corrected chi connectivity index (χ0v) is 16.3. The van der Waals surface area contributed by atoms with Crippen LogP contribution in [0.3, 0.4) is 0 Å². The van der Waals surface area contributed by atoms with Crippen LogP contribution >= 0.6 is 0 Å². The molecular weight excluding hydrogens is 348 g/mol. The van der Waals surface area contributed by atoms with E-state index in [2.05, 4.69) is 34.9 Å². The highest BCUT2D eigenvalue weighted by Crippen LogP contribution is 2.31. The van der Waals surface area contributed by atoms with Gasteiger partial charge in [-0.2, -0.15) is 5.26 Å². The van der Waals surface area contributed by atoms with Gasteiger partial charge in [0.1, 0.15) is 0 Å². The Kier molecular flexibility index (Phi) is 5.43. The molecule has 0 aromatic heterocycles. The van der Waals surface area contributed by atoms with Crippen molar-refractivity contribution in [3.8, 4) is 6.07 Å². The fraction of sp³-hybridized carbons (Fsp3) is 0.391. The number of anilines is 1. The van der Waals surface area contributed by atoms with Gasteiger partial charge in [-0.25, -0.2) is 0 Å². The summed E-state index contributed by atoms with van der Waals surface area (Å²) in [6.07, 6.45) is 0.945. The maximum absolute atomic E-state index is 13.0. The highest BCUT2D eigenvalue weighted by molar-refractivity contribution is 5.97. The average molecular weight is 374 g/mol. The SMILES string of the molecule is C[C@H]1Cc2ccccc2N1C(=O)CN1CCN(Cc2ccc(C#N)cc2)CC1. The molecule has 1 amide bonds. The molecule has 0 N–H and O–H groups in total. The average Bonchev–Trinajstić information content (AvgIpc) is 3.06. The predicted octanol–water partition coefficient (Wildman–Crippen LogP) is 2.65. The minimum atomic E-state index is 0.206. The number of fused-ring (bicyclic) bond motifs is 1. The Balaban J connectivity index is 1.29. The van der Waals surface area contributed by atoms with Crippen LogP contribution < -0.4 is 4.90 Å². The number of hydrogen-bond donors (Lipinski definition) is 0. The number of amides is 1. The van der Waals surface area contributed by atoms with Crippen molar-refractivity contribution in [1.82, 2.24) is 9.80 Å². The van der Waals surface area contributed by atoms with Gasteiger partial charge in [0, 0.05) is 44.5 Å². The van der Waals surface area contributed by atoms with Crippen LogP contribution in [-0.2, 0) is 17.8 Å². The van der Waals surface area contributed by atoms with Crippen LogP contribution in [0.1, 0.15) is 23.6 Å². The number of carbonyl (C=O) groups is 1. The van der Waals surface area contributed by atoms with E-state index in [1.54, 1.807) is 0 Å². The molecule has 144 valence electrons. The molecule has 0 radical (unpaired) electrons. The minimum Gasteiger partial charge on any atom is -0.308 e. The second-order valence-corrected chi connectivity index (χ2v) is 7.81. The normalized spacial score (nSPS) is 20.0. The van der Waals surface area contributed by atoms with Gasteiger partial charge in [0.2, 0.25) is 5.91 Å². The Bertz CT molecular complexity index is 878. The van der Waals surface area contributed by atoms with E-state index < -0.39 is 0 Å². The van der Waals surface area contributed by atoms with Gasteiger partial charge in [0.15, 0.2) is 0 Å². The van der Waals surface area contributed by atoms with Gasteiger partial charge in [0.25, 0.3) is 0 Å². The van der Waals surface area contributed by atoms with Crippen LogP contribution in [-0.4, -0.2) is 54.5 Å². The third kappa shape index (κ3) is 3.94. The van der Waals surface area contributed by atoms with Crippen LogP contribution in [0.15, 0.2) is 48.5 Å². The van der Waals surface area contributed by atoms with E-state index in [9.17, 15) is 4.79 Å². The monoisotopic (exact) mass is 374 g/mol. The number of rotatable bonds is 4. The quantitative estimate of drug-likeness (QED) is 0.826. The van der Waals surface area contributed by atoms with Crippen LogP contribution in [0.4, 0.5) is 5.69 Å². The summed E-state index contributed by atoms with van der Waals surface area (Å²) in [6, 6.07) is 18.5. The molecule has 4 rings (SSSR count). The van der Waals surface area contributed by atoms with Gasteiger partial charge < -0.3 is 4.90 Å². The number of piperazine rings is 1. The van der Waals surface area contributed by atoms with Gasteiger partial charge in [-0.05, 0) is 42.7 Å². The lowest BCUT2D eigenvalue weighted by atomic mass is 10.1. The molecule has 0 aliphatic carbocycles. The van der Waals surface area contributed by atoms with Gasteiger partial charge in [-0.1, -0.05) is 30.3 Å². The molecule has 1 fully saturated rings. The number of carbonyl (C=O) groups excluding carboxylic acids is 1. The van der Waals surface area contributed by atoms with E-state index in [0.29, 0.717) is 12.1 Å². The molecule has 1 atom stereocenters. The molecule has 2 heterocycles. The largest absolute Gasteiger partial charge is 0.308 e. The molecule has 28 heavy (non-hydrogen) atoms. The summed E-state index contributed by atoms with van der Waals surface area (Å²) in [7, 11) is 0. The smallest absolute Gasteiger partial charge is 0.241 e. The van der Waals surface area contributed by atoms with Crippen LogP contribution in [0, 0.1) is 11.3 Å². The second-order valence-electron chi connectivity index (χ2n) is 7.81. The van der Waals surface area contributed by atoms with Crippen molar-refractivity contribution in [3.05, 3.63) is 65.2 Å². The number of benzene rings is 2. The summed E-state index contributed by atoms with van der Waals surface area (Å²) < 4.78 is 0. The molecular formula is C23H26N4O. The highest BCUT2D eigenvalue weighted by atomic mass is 16.2. The lowest BCUT2D eigenvalue weighted by molar-refractivity contribution is -0.120. The van der Waals surface area contributed by atoms with Crippen molar-refractivity contribution < 1.29 is 4.79 Å². The van der Waals surface area contributed by atoms with E-state index in [1.807, 2.05) is 41.3 Å². The number of para-hydroxylation sites is 1. The molecule has 2 aliphatic rings. The Hall–Kier alpha value is -2.68. The molecule has 2 aliphatic heterocycles. The van der Waals surface area contributed by atoms with Crippen LogP contribution in [0.2, 0.25) is 0 Å². The maximum Gasteiger partial charge on any atom is 0.241 e. The summed E-state index contributed by atoms with van der Waals surface area (Å²) in [5.74, 6) is 0.206. The second kappa shape index (κ2) is 8.14. The Morgan fingerprint density at radius 1 is 1.04 bits per heavy atom. The van der Waals surface area contributed by atoms with Crippen molar-refractivity contribution in [2.45, 2.75) is 25.9 Å². The number of nitrogens with zero attached hydrogens (tertiary/aromatic N) is 4. The van der Waals surface area contributed by atoms with E-state index in [0.717, 1.165) is 44.8 Å². The van der Waals surface area contributed by atoms with Crippen molar-refractivity contribution in [2.24, 2.45) is 0 Å². The van der Waals surface area contributed by atoms with E-state index >= 15 is 0 Å². The van der Waals surface area contributed by atoms with Gasteiger partial charge in [-0.15, -0.1) is 0 Å². The van der Waals surface area contributed by atoms with Crippen molar-refractivity contribution in [1.29, 1.82) is 5.26 Å². The third-order valence-corrected chi connectivity index (χ3v) is 5.79. The van der Waals surface area contributed by atoms with Crippen molar-refractivity contribution in [3.63, 3.8) is 0 Å². The molecule has 2 aromatic rings. The zero-order valence-electron chi connectivity index (χ0n) is 16.3. The van der Waals surface area contributed by atoms with E-state index in [4.69, 9.17) is 5.26 Å². The molecule has 5 heteroatoms. The molecule has 2 aromatic carbocycles. The van der Waals surface area contributed by atoms with Crippen LogP contribution in [0.25, 0.3) is 0 Å². The molecule has 5 nitrogen and oxygen atoms in total. The summed E-state index contributed by atoms with van der Waals surface area (Å²) in [5, 5.41) is 8.90. The number of nitriles is 1. The third-order valence-electron chi connectivity index (χ3n) is 5.79. The summed E-state index contributed by atoms with van der Waals surface area (Å²) in [5.41, 5.74) is 4.28. The first-order chi connectivity index (χ1) is 13.6. The molecule has 1 saturated heterocycles. The minimum absolute atomic E-state index is 0.206. The zero-order chi connectivity index (χ0) is 19.5. The molecule has 0 bridgehead atoms. The fourth-order valence-electron chi connectivity index (χ4n) is 4.26. The predicted molar refractivity (Wildman–Crippen MR) is 110 cm³/mol. The Labute approximate surface area is 166 Å². The number of hydrogen-bond acceptors (Lipinski definition) is 4. The van der Waals surface area contributed by atoms with Crippen molar-refractivity contribution in [2.75, 3.05) is 37.6 Å². The molecule has 0 saturated carbocycles. The van der Waals surface area contributed by atoms with Gasteiger partial charge in [0.05, 0.1) is 18.2 Å². The topological polar surface area (TPSA) is 50.6 Å². The first-order valence-corrected chi connectivity index (χ1v) is 9.98. The molecule has 0 unspecified atom stereocenters. The maximum atomic E-state index is 13.0. The van der Waals surface area contributed by atoms with Gasteiger partial charge >= 0.3 is 0 Å². The van der Waals surface area contributed by atoms with Crippen molar-refractivity contribution >= 4 is 11.6 Å². The Morgan fingerprint density at radius 3 is 2.43 bits per heavy atom. The highest BCUT2D eigenvalue weighted by Gasteiger charge is 2.31. The standard InChI is InChI=1S/C23H26N4O/c1-18-14-21-4-2-3-5-22(21)27(18)23(28)17-26-12-10-25(11-13-26)16-20-8-6-19(15-24)7-9-20/h2-9,18H,10-14,16-17H2,1H3/t18-/m0/s1. The van der Waals surface area contributed by atoms with E-state index in [1.165, 1.54) is 11.1 Å². The van der Waals surface area contributed by atoms with Gasteiger partial charge in [-0.3, -0.25) is 14.6 Å². The van der Waals surface area contributed by atoms with E-state index in [-0.39, 0.29) is 11.9 Å². The lowest BCUT2D eigenvalue weighted by Crippen LogP contribution is -2.50.